The molecule has 0 saturated carbocycles. The van der Waals surface area contributed by atoms with Crippen LogP contribution in [0.4, 0.5) is 26.2 Å². The molecule has 2 aromatic carbocycles. The van der Waals surface area contributed by atoms with Gasteiger partial charge in [-0.15, -0.1) is 11.3 Å². The summed E-state index contributed by atoms with van der Waals surface area (Å²) in [6.45, 7) is 6.11. The highest BCUT2D eigenvalue weighted by atomic mass is 32.1. The van der Waals surface area contributed by atoms with Crippen molar-refractivity contribution in [3.8, 4) is 11.5 Å². The van der Waals surface area contributed by atoms with Gasteiger partial charge in [0.25, 0.3) is 5.91 Å². The Kier molecular flexibility index (Phi) is 6.43. The molecule has 2 aliphatic rings. The number of anilines is 3. The number of carbonyl (C=O) groups is 3. The number of aryl methyl sites for hydroxylation is 1. The van der Waals surface area contributed by atoms with Gasteiger partial charge in [0.2, 0.25) is 5.91 Å². The maximum absolute atomic E-state index is 15.6. The van der Waals surface area contributed by atoms with Crippen molar-refractivity contribution in [1.29, 1.82) is 0 Å². The molecule has 4 aromatic rings. The van der Waals surface area contributed by atoms with E-state index in [0.717, 1.165) is 11.3 Å². The van der Waals surface area contributed by atoms with Gasteiger partial charge in [-0.1, -0.05) is 24.8 Å². The van der Waals surface area contributed by atoms with Crippen LogP contribution in [0.5, 0.6) is 11.5 Å². The topological polar surface area (TPSA) is 104 Å². The van der Waals surface area contributed by atoms with Gasteiger partial charge in [0, 0.05) is 31.4 Å². The van der Waals surface area contributed by atoms with E-state index in [1.807, 2.05) is 18.2 Å². The number of pyridine rings is 1. The van der Waals surface area contributed by atoms with Gasteiger partial charge in [0.05, 0.1) is 22.4 Å². The van der Waals surface area contributed by atoms with Gasteiger partial charge in [-0.25, -0.2) is 14.2 Å². The Morgan fingerprint density at radius 3 is 2.77 bits per heavy atom. The number of hydrogen-bond donors (Lipinski definition) is 2. The maximum atomic E-state index is 15.6. The van der Waals surface area contributed by atoms with Crippen molar-refractivity contribution < 1.29 is 23.5 Å². The molecule has 0 bridgehead atoms. The standard InChI is InChI=1S/C29H24FN5O4S/c1-3-22(36)34-12-10-17(15-34)32-27(37)26-24-23-21(9-11-31-28(23)40-26)35(29(38)33-24)25-16(2)13-19(14-20(25)30)39-18-7-5-4-6-8-18/h3-9,11,13-14,17H,1,10,12,15H2,2H3,(H,32,37)(H,33,38)/t17-/m1/s1. The van der Waals surface area contributed by atoms with Crippen molar-refractivity contribution in [3.63, 3.8) is 0 Å². The monoisotopic (exact) mass is 557 g/mol. The summed E-state index contributed by atoms with van der Waals surface area (Å²) >= 11 is 1.14. The van der Waals surface area contributed by atoms with Gasteiger partial charge >= 0.3 is 6.03 Å². The lowest BCUT2D eigenvalue weighted by Gasteiger charge is -2.30. The number of aromatic nitrogens is 1. The number of benzene rings is 2. The Morgan fingerprint density at radius 2 is 2.02 bits per heavy atom. The van der Waals surface area contributed by atoms with Gasteiger partial charge in [0.1, 0.15) is 21.2 Å². The molecule has 4 heterocycles. The highest BCUT2D eigenvalue weighted by Crippen LogP contribution is 2.47. The third-order valence-corrected chi connectivity index (χ3v) is 7.99. The predicted molar refractivity (Wildman–Crippen MR) is 151 cm³/mol. The Morgan fingerprint density at radius 1 is 1.23 bits per heavy atom. The van der Waals surface area contributed by atoms with Gasteiger partial charge in [-0.2, -0.15) is 0 Å². The fourth-order valence-electron chi connectivity index (χ4n) is 5.10. The average Bonchev–Trinajstić information content (AvgIpc) is 3.55. The summed E-state index contributed by atoms with van der Waals surface area (Å²) in [5.74, 6) is -0.329. The van der Waals surface area contributed by atoms with Crippen LogP contribution < -0.4 is 20.3 Å². The number of halogens is 1. The minimum absolute atomic E-state index is 0.0752. The van der Waals surface area contributed by atoms with Crippen molar-refractivity contribution in [2.24, 2.45) is 0 Å². The van der Waals surface area contributed by atoms with Crippen molar-refractivity contribution in [3.05, 3.63) is 83.6 Å². The quantitative estimate of drug-likeness (QED) is 0.295. The molecular formula is C29H24FN5O4S. The van der Waals surface area contributed by atoms with Crippen LogP contribution in [0.3, 0.4) is 0 Å². The summed E-state index contributed by atoms with van der Waals surface area (Å²) in [5, 5.41) is 6.31. The smallest absolute Gasteiger partial charge is 0.331 e. The number of hydrogen-bond acceptors (Lipinski definition) is 6. The van der Waals surface area contributed by atoms with Crippen LogP contribution in [0.25, 0.3) is 10.2 Å². The molecule has 202 valence electrons. The molecule has 1 atom stereocenters. The van der Waals surface area contributed by atoms with Gasteiger partial charge < -0.3 is 20.3 Å². The second-order valence-corrected chi connectivity index (χ2v) is 10.5. The van der Waals surface area contributed by atoms with Crippen LogP contribution in [-0.4, -0.2) is 46.9 Å². The second-order valence-electron chi connectivity index (χ2n) is 9.52. The first-order valence-corrected chi connectivity index (χ1v) is 13.4. The number of carbonyl (C=O) groups excluding carboxylic acids is 3. The van der Waals surface area contributed by atoms with Crippen molar-refractivity contribution in [2.45, 2.75) is 19.4 Å². The number of ether oxygens (including phenoxy) is 1. The zero-order valence-corrected chi connectivity index (χ0v) is 22.3. The van der Waals surface area contributed by atoms with E-state index < -0.39 is 11.8 Å². The molecule has 6 rings (SSSR count). The molecule has 1 fully saturated rings. The van der Waals surface area contributed by atoms with E-state index in [-0.39, 0.29) is 23.5 Å². The van der Waals surface area contributed by atoms with Crippen LogP contribution >= 0.6 is 11.3 Å². The molecule has 2 aliphatic heterocycles. The van der Waals surface area contributed by atoms with Gasteiger partial charge in [-0.3, -0.25) is 14.5 Å². The number of thiophene rings is 1. The minimum atomic E-state index is -0.637. The lowest BCUT2D eigenvalue weighted by atomic mass is 10.1. The normalized spacial score (nSPS) is 16.1. The van der Waals surface area contributed by atoms with Gasteiger partial charge in [0.15, 0.2) is 5.82 Å². The van der Waals surface area contributed by atoms with Crippen molar-refractivity contribution in [1.82, 2.24) is 15.2 Å². The zero-order chi connectivity index (χ0) is 28.0. The summed E-state index contributed by atoms with van der Waals surface area (Å²) in [6.07, 6.45) is 3.39. The third kappa shape index (κ3) is 4.43. The fraction of sp³-hybridized carbons (Fsp3) is 0.172. The second kappa shape index (κ2) is 10.1. The third-order valence-electron chi connectivity index (χ3n) is 6.89. The van der Waals surface area contributed by atoms with Crippen LogP contribution in [0, 0.1) is 12.7 Å². The van der Waals surface area contributed by atoms with Crippen LogP contribution in [0.2, 0.25) is 0 Å². The summed E-state index contributed by atoms with van der Waals surface area (Å²) < 4.78 is 21.4. The van der Waals surface area contributed by atoms with E-state index in [1.165, 1.54) is 23.2 Å². The Balaban J connectivity index is 1.32. The van der Waals surface area contributed by atoms with E-state index in [4.69, 9.17) is 4.74 Å². The van der Waals surface area contributed by atoms with E-state index in [1.54, 1.807) is 36.1 Å². The highest BCUT2D eigenvalue weighted by molar-refractivity contribution is 7.21. The van der Waals surface area contributed by atoms with E-state index >= 15 is 4.39 Å². The van der Waals surface area contributed by atoms with Crippen LogP contribution in [0.1, 0.15) is 21.7 Å². The van der Waals surface area contributed by atoms with Crippen LogP contribution in [-0.2, 0) is 4.79 Å². The number of amides is 4. The summed E-state index contributed by atoms with van der Waals surface area (Å²) in [5.41, 5.74) is 1.32. The molecule has 1 saturated heterocycles. The molecule has 11 heteroatoms. The lowest BCUT2D eigenvalue weighted by molar-refractivity contribution is -0.125. The molecule has 0 aliphatic carbocycles. The largest absolute Gasteiger partial charge is 0.457 e. The van der Waals surface area contributed by atoms with E-state index in [2.05, 4.69) is 22.2 Å². The average molecular weight is 558 g/mol. The van der Waals surface area contributed by atoms with Gasteiger partial charge in [-0.05, 0) is 49.2 Å². The Bertz CT molecular complexity index is 1670. The molecule has 0 spiro atoms. The molecule has 9 nitrogen and oxygen atoms in total. The number of rotatable bonds is 6. The molecule has 0 radical (unpaired) electrons. The van der Waals surface area contributed by atoms with Crippen molar-refractivity contribution in [2.75, 3.05) is 23.3 Å². The Hall–Kier alpha value is -4.77. The SMILES string of the molecule is C=CC(=O)N1CC[C@@H](NC(=O)c2sc3nccc4c3c2NC(=O)N4c2c(C)cc(Oc3ccccc3)cc2F)C1. The van der Waals surface area contributed by atoms with E-state index in [0.29, 0.717) is 63.0 Å². The Labute approximate surface area is 232 Å². The highest BCUT2D eigenvalue weighted by Gasteiger charge is 2.35. The molecule has 2 N–H and O–H groups in total. The molecule has 0 unspecified atom stereocenters. The fourth-order valence-corrected chi connectivity index (χ4v) is 6.12. The summed E-state index contributed by atoms with van der Waals surface area (Å²) in [7, 11) is 0. The summed E-state index contributed by atoms with van der Waals surface area (Å²) in [4.78, 5) is 46.8. The number of nitrogens with one attached hydrogen (secondary N) is 2. The van der Waals surface area contributed by atoms with Crippen molar-refractivity contribution >= 4 is 56.5 Å². The first-order valence-electron chi connectivity index (χ1n) is 12.6. The number of para-hydroxylation sites is 1. The molecule has 40 heavy (non-hydrogen) atoms. The summed E-state index contributed by atoms with van der Waals surface area (Å²) in [6, 6.07) is 12.7. The maximum Gasteiger partial charge on any atom is 0.331 e. The number of likely N-dealkylation sites (tertiary alicyclic amines) is 1. The zero-order valence-electron chi connectivity index (χ0n) is 21.4. The molecular weight excluding hydrogens is 533 g/mol. The van der Waals surface area contributed by atoms with E-state index in [9.17, 15) is 14.4 Å². The predicted octanol–water partition coefficient (Wildman–Crippen LogP) is 5.74. The molecule has 2 aromatic heterocycles. The lowest BCUT2D eigenvalue weighted by Crippen LogP contribution is -2.39. The number of nitrogens with zero attached hydrogens (tertiary/aromatic N) is 3. The minimum Gasteiger partial charge on any atom is -0.457 e. The first kappa shape index (κ1) is 25.5. The van der Waals surface area contributed by atoms with Crippen LogP contribution in [0.15, 0.2) is 67.4 Å². The first-order chi connectivity index (χ1) is 19.3. The molecule has 4 amide bonds. The number of urea groups is 1.